The van der Waals surface area contributed by atoms with E-state index < -0.39 is 0 Å². The largest absolute Gasteiger partial charge is 0.438 e. The topological polar surface area (TPSA) is 48.1 Å². The van der Waals surface area contributed by atoms with Crippen molar-refractivity contribution in [2.75, 3.05) is 5.73 Å². The van der Waals surface area contributed by atoms with Gasteiger partial charge in [-0.05, 0) is 46.6 Å². The van der Waals surface area contributed by atoms with Gasteiger partial charge < -0.3 is 10.5 Å². The van der Waals surface area contributed by atoms with Gasteiger partial charge in [0, 0.05) is 22.4 Å². The van der Waals surface area contributed by atoms with Crippen molar-refractivity contribution in [3.63, 3.8) is 0 Å². The van der Waals surface area contributed by atoms with E-state index in [1.54, 1.807) is 12.3 Å². The summed E-state index contributed by atoms with van der Waals surface area (Å²) in [7, 11) is 0. The lowest BCUT2D eigenvalue weighted by atomic mass is 10.3. The van der Waals surface area contributed by atoms with E-state index in [1.807, 2.05) is 25.1 Å². The van der Waals surface area contributed by atoms with E-state index in [1.165, 1.54) is 0 Å². The lowest BCUT2D eigenvalue weighted by Gasteiger charge is -2.08. The van der Waals surface area contributed by atoms with Gasteiger partial charge in [-0.25, -0.2) is 4.98 Å². The van der Waals surface area contributed by atoms with Crippen molar-refractivity contribution in [2.24, 2.45) is 0 Å². The Morgan fingerprint density at radius 2 is 1.94 bits per heavy atom. The minimum Gasteiger partial charge on any atom is -0.438 e. The minimum atomic E-state index is 0.521. The van der Waals surface area contributed by atoms with Crippen molar-refractivity contribution in [1.29, 1.82) is 0 Å². The molecule has 1 aromatic heterocycles. The molecule has 3 nitrogen and oxygen atoms in total. The molecule has 0 aliphatic heterocycles. The highest BCUT2D eigenvalue weighted by Gasteiger charge is 2.05. The first-order chi connectivity index (χ1) is 8.04. The fraction of sp³-hybridized carbons (Fsp3) is 0.0833. The zero-order chi connectivity index (χ0) is 12.4. The Balaban J connectivity index is 2.31. The van der Waals surface area contributed by atoms with Crippen LogP contribution in [0.25, 0.3) is 0 Å². The molecule has 5 heteroatoms. The Labute approximate surface area is 116 Å². The summed E-state index contributed by atoms with van der Waals surface area (Å²) in [5, 5.41) is 0. The first-order valence-electron chi connectivity index (χ1n) is 4.90. The molecule has 0 amide bonds. The average Bonchev–Trinajstić information content (AvgIpc) is 2.21. The standard InChI is InChI=1S/C12H10Br2N2O/c1-7-2-11(14)12(16-6-7)17-10-4-8(13)3-9(15)5-10/h2-6H,15H2,1H3. The number of nitrogen functional groups attached to an aromatic ring is 1. The van der Waals surface area contributed by atoms with Crippen LogP contribution in [0, 0.1) is 6.92 Å². The molecule has 0 bridgehead atoms. The van der Waals surface area contributed by atoms with Crippen LogP contribution in [0.2, 0.25) is 0 Å². The third kappa shape index (κ3) is 3.20. The summed E-state index contributed by atoms with van der Waals surface area (Å²) < 4.78 is 7.34. The molecule has 0 saturated heterocycles. The van der Waals surface area contributed by atoms with Gasteiger partial charge in [0.15, 0.2) is 0 Å². The molecule has 0 unspecified atom stereocenters. The molecular formula is C12H10Br2N2O. The second kappa shape index (κ2) is 5.06. The molecule has 0 aliphatic rings. The Kier molecular flexibility index (Phi) is 3.69. The van der Waals surface area contributed by atoms with Gasteiger partial charge in [-0.2, -0.15) is 0 Å². The van der Waals surface area contributed by atoms with Gasteiger partial charge in [0.05, 0.1) is 4.47 Å². The molecule has 0 spiro atoms. The van der Waals surface area contributed by atoms with Crippen LogP contribution in [0.3, 0.4) is 0 Å². The summed E-state index contributed by atoms with van der Waals surface area (Å²) in [5.74, 6) is 1.17. The fourth-order valence-corrected chi connectivity index (χ4v) is 2.39. The lowest BCUT2D eigenvalue weighted by Crippen LogP contribution is -1.92. The third-order valence-corrected chi connectivity index (χ3v) is 3.08. The number of anilines is 1. The lowest BCUT2D eigenvalue weighted by molar-refractivity contribution is 0.459. The summed E-state index contributed by atoms with van der Waals surface area (Å²) >= 11 is 6.78. The number of rotatable bonds is 2. The van der Waals surface area contributed by atoms with E-state index in [0.29, 0.717) is 17.3 Å². The Bertz CT molecular complexity index is 538. The van der Waals surface area contributed by atoms with E-state index >= 15 is 0 Å². The van der Waals surface area contributed by atoms with Crippen molar-refractivity contribution < 1.29 is 4.74 Å². The molecule has 0 atom stereocenters. The maximum atomic E-state index is 5.73. The third-order valence-electron chi connectivity index (χ3n) is 2.05. The first-order valence-corrected chi connectivity index (χ1v) is 6.49. The second-order valence-electron chi connectivity index (χ2n) is 3.62. The SMILES string of the molecule is Cc1cnc(Oc2cc(N)cc(Br)c2)c(Br)c1. The van der Waals surface area contributed by atoms with E-state index in [9.17, 15) is 0 Å². The van der Waals surface area contributed by atoms with E-state index in [4.69, 9.17) is 10.5 Å². The second-order valence-corrected chi connectivity index (χ2v) is 5.39. The van der Waals surface area contributed by atoms with Gasteiger partial charge in [0.2, 0.25) is 5.88 Å². The van der Waals surface area contributed by atoms with Crippen LogP contribution in [-0.4, -0.2) is 4.98 Å². The molecule has 0 aliphatic carbocycles. The fourth-order valence-electron chi connectivity index (χ4n) is 1.35. The summed E-state index contributed by atoms with van der Waals surface area (Å²) in [6.07, 6.45) is 1.75. The molecule has 0 fully saturated rings. The van der Waals surface area contributed by atoms with Crippen molar-refractivity contribution in [1.82, 2.24) is 4.98 Å². The number of halogens is 2. The Morgan fingerprint density at radius 3 is 2.59 bits per heavy atom. The number of aryl methyl sites for hydroxylation is 1. The van der Waals surface area contributed by atoms with Crippen LogP contribution in [0.15, 0.2) is 39.4 Å². The van der Waals surface area contributed by atoms with Gasteiger partial charge in [-0.15, -0.1) is 0 Å². The molecule has 1 aromatic carbocycles. The van der Waals surface area contributed by atoms with Crippen LogP contribution >= 0.6 is 31.9 Å². The van der Waals surface area contributed by atoms with Crippen LogP contribution < -0.4 is 10.5 Å². The molecular weight excluding hydrogens is 348 g/mol. The first kappa shape index (κ1) is 12.4. The highest BCUT2D eigenvalue weighted by atomic mass is 79.9. The summed E-state index contributed by atoms with van der Waals surface area (Å²) in [6, 6.07) is 7.34. The van der Waals surface area contributed by atoms with E-state index in [2.05, 4.69) is 36.8 Å². The van der Waals surface area contributed by atoms with Crippen molar-refractivity contribution >= 4 is 37.5 Å². The average molecular weight is 358 g/mol. The van der Waals surface area contributed by atoms with Crippen LogP contribution in [0.1, 0.15) is 5.56 Å². The molecule has 17 heavy (non-hydrogen) atoms. The highest BCUT2D eigenvalue weighted by molar-refractivity contribution is 9.10. The maximum Gasteiger partial charge on any atom is 0.233 e. The number of hydrogen-bond donors (Lipinski definition) is 1. The number of aromatic nitrogens is 1. The number of nitrogens with zero attached hydrogens (tertiary/aromatic N) is 1. The number of benzene rings is 1. The summed E-state index contributed by atoms with van der Waals surface area (Å²) in [6.45, 7) is 1.97. The van der Waals surface area contributed by atoms with Crippen molar-refractivity contribution in [3.05, 3.63) is 45.0 Å². The smallest absolute Gasteiger partial charge is 0.233 e. The quantitative estimate of drug-likeness (QED) is 0.815. The normalized spacial score (nSPS) is 10.3. The summed E-state index contributed by atoms with van der Waals surface area (Å²) in [5.41, 5.74) is 7.44. The molecule has 2 N–H and O–H groups in total. The van der Waals surface area contributed by atoms with E-state index in [0.717, 1.165) is 14.5 Å². The summed E-state index contributed by atoms with van der Waals surface area (Å²) in [4.78, 5) is 4.21. The molecule has 0 radical (unpaired) electrons. The molecule has 0 saturated carbocycles. The van der Waals surface area contributed by atoms with Gasteiger partial charge in [0.25, 0.3) is 0 Å². The van der Waals surface area contributed by atoms with Gasteiger partial charge in [0.1, 0.15) is 5.75 Å². The van der Waals surface area contributed by atoms with Crippen molar-refractivity contribution in [2.45, 2.75) is 6.92 Å². The number of nitrogens with two attached hydrogens (primary N) is 1. The Morgan fingerprint density at radius 1 is 1.18 bits per heavy atom. The van der Waals surface area contributed by atoms with Gasteiger partial charge in [-0.1, -0.05) is 15.9 Å². The monoisotopic (exact) mass is 356 g/mol. The zero-order valence-corrected chi connectivity index (χ0v) is 12.2. The number of hydrogen-bond acceptors (Lipinski definition) is 3. The van der Waals surface area contributed by atoms with Crippen LogP contribution in [-0.2, 0) is 0 Å². The van der Waals surface area contributed by atoms with Gasteiger partial charge in [-0.3, -0.25) is 0 Å². The number of pyridine rings is 1. The molecule has 2 rings (SSSR count). The Hall–Kier alpha value is -1.07. The van der Waals surface area contributed by atoms with E-state index in [-0.39, 0.29) is 0 Å². The predicted octanol–water partition coefficient (Wildman–Crippen LogP) is 4.29. The predicted molar refractivity (Wildman–Crippen MR) is 75.3 cm³/mol. The zero-order valence-electron chi connectivity index (χ0n) is 9.08. The minimum absolute atomic E-state index is 0.521. The molecule has 2 aromatic rings. The number of ether oxygens (including phenoxy) is 1. The van der Waals surface area contributed by atoms with Crippen LogP contribution in [0.4, 0.5) is 5.69 Å². The van der Waals surface area contributed by atoms with Crippen LogP contribution in [0.5, 0.6) is 11.6 Å². The molecule has 88 valence electrons. The maximum absolute atomic E-state index is 5.73. The van der Waals surface area contributed by atoms with Crippen molar-refractivity contribution in [3.8, 4) is 11.6 Å². The van der Waals surface area contributed by atoms with Gasteiger partial charge >= 0.3 is 0 Å². The highest BCUT2D eigenvalue weighted by Crippen LogP contribution is 2.30. The molecule has 1 heterocycles.